The molecule has 1 heteroatoms. The van der Waals surface area contributed by atoms with Gasteiger partial charge in [0, 0.05) is 9.58 Å². The molecule has 0 atom stereocenters. The van der Waals surface area contributed by atoms with E-state index >= 15 is 0 Å². The normalized spacial score (nSPS) is 15.4. The van der Waals surface area contributed by atoms with E-state index in [1.165, 1.54) is 34.9 Å². The second-order valence-electron chi connectivity index (χ2n) is 3.73. The van der Waals surface area contributed by atoms with Crippen molar-refractivity contribution >= 4 is 27.5 Å². The lowest BCUT2D eigenvalue weighted by Gasteiger charge is -1.93. The highest BCUT2D eigenvalue weighted by Gasteiger charge is 2.10. The standard InChI is InChI=1S/C13H12S/c1-2-6-10-11-7-4-5-9-13(11)14-12(10)8-3-1/h2,4-7,9H,1,3,8H2. The summed E-state index contributed by atoms with van der Waals surface area (Å²) in [5.41, 5.74) is 1.48. The Kier molecular flexibility index (Phi) is 1.91. The zero-order valence-electron chi connectivity index (χ0n) is 7.99. The third kappa shape index (κ3) is 1.20. The van der Waals surface area contributed by atoms with Gasteiger partial charge in [-0.05, 0) is 36.3 Å². The van der Waals surface area contributed by atoms with Crippen LogP contribution in [0.2, 0.25) is 0 Å². The van der Waals surface area contributed by atoms with Crippen molar-refractivity contribution in [2.24, 2.45) is 0 Å². The molecule has 0 unspecified atom stereocenters. The van der Waals surface area contributed by atoms with Crippen molar-refractivity contribution in [1.29, 1.82) is 0 Å². The number of hydrogen-bond acceptors (Lipinski definition) is 1. The van der Waals surface area contributed by atoms with Crippen molar-refractivity contribution in [1.82, 2.24) is 0 Å². The second kappa shape index (κ2) is 3.25. The Morgan fingerprint density at radius 2 is 2.07 bits per heavy atom. The van der Waals surface area contributed by atoms with Gasteiger partial charge in [0.15, 0.2) is 0 Å². The highest BCUT2D eigenvalue weighted by Crippen LogP contribution is 2.34. The molecule has 1 aliphatic rings. The molecule has 0 radical (unpaired) electrons. The van der Waals surface area contributed by atoms with Gasteiger partial charge in [-0.15, -0.1) is 11.3 Å². The van der Waals surface area contributed by atoms with Crippen LogP contribution < -0.4 is 0 Å². The molecule has 0 aliphatic heterocycles. The average Bonchev–Trinajstić information content (AvgIpc) is 2.42. The van der Waals surface area contributed by atoms with Crippen LogP contribution in [0.3, 0.4) is 0 Å². The summed E-state index contributed by atoms with van der Waals surface area (Å²) in [6.07, 6.45) is 8.40. The van der Waals surface area contributed by atoms with Crippen LogP contribution in [-0.2, 0) is 6.42 Å². The third-order valence-corrected chi connectivity index (χ3v) is 4.02. The molecule has 2 aromatic rings. The minimum absolute atomic E-state index is 1.23. The molecule has 1 aromatic heterocycles. The van der Waals surface area contributed by atoms with Crippen molar-refractivity contribution in [3.63, 3.8) is 0 Å². The van der Waals surface area contributed by atoms with E-state index in [1.807, 2.05) is 11.3 Å². The van der Waals surface area contributed by atoms with Gasteiger partial charge < -0.3 is 0 Å². The van der Waals surface area contributed by atoms with Gasteiger partial charge in [-0.2, -0.15) is 0 Å². The summed E-state index contributed by atoms with van der Waals surface area (Å²) in [5, 5.41) is 1.44. The molecule has 3 rings (SSSR count). The fourth-order valence-electron chi connectivity index (χ4n) is 2.07. The summed E-state index contributed by atoms with van der Waals surface area (Å²) < 4.78 is 1.43. The van der Waals surface area contributed by atoms with Crippen LogP contribution in [0.15, 0.2) is 30.3 Å². The summed E-state index contributed by atoms with van der Waals surface area (Å²) in [4.78, 5) is 1.57. The van der Waals surface area contributed by atoms with Crippen LogP contribution in [-0.4, -0.2) is 0 Å². The van der Waals surface area contributed by atoms with Crippen molar-refractivity contribution < 1.29 is 0 Å². The molecule has 0 N–H and O–H groups in total. The van der Waals surface area contributed by atoms with Gasteiger partial charge in [-0.3, -0.25) is 0 Å². The van der Waals surface area contributed by atoms with Gasteiger partial charge in [0.2, 0.25) is 0 Å². The molecule has 1 aliphatic carbocycles. The maximum Gasteiger partial charge on any atom is 0.0351 e. The van der Waals surface area contributed by atoms with Gasteiger partial charge in [0.1, 0.15) is 0 Å². The minimum atomic E-state index is 1.23. The van der Waals surface area contributed by atoms with E-state index < -0.39 is 0 Å². The minimum Gasteiger partial charge on any atom is -0.140 e. The van der Waals surface area contributed by atoms with Crippen molar-refractivity contribution in [2.75, 3.05) is 0 Å². The van der Waals surface area contributed by atoms with Crippen LogP contribution in [0, 0.1) is 0 Å². The molecule has 0 amide bonds. The summed E-state index contributed by atoms with van der Waals surface area (Å²) in [7, 11) is 0. The fourth-order valence-corrected chi connectivity index (χ4v) is 3.30. The molecule has 1 heterocycles. The Balaban J connectivity index is 2.34. The predicted octanol–water partition coefficient (Wildman–Crippen LogP) is 4.25. The quantitative estimate of drug-likeness (QED) is 0.596. The van der Waals surface area contributed by atoms with E-state index in [1.54, 1.807) is 4.88 Å². The van der Waals surface area contributed by atoms with E-state index in [0.29, 0.717) is 0 Å². The predicted molar refractivity (Wildman–Crippen MR) is 63.8 cm³/mol. The van der Waals surface area contributed by atoms with E-state index in [-0.39, 0.29) is 0 Å². The monoisotopic (exact) mass is 200 g/mol. The molecule has 70 valence electrons. The molecular weight excluding hydrogens is 188 g/mol. The largest absolute Gasteiger partial charge is 0.140 e. The van der Waals surface area contributed by atoms with E-state index in [0.717, 1.165) is 0 Å². The Labute approximate surface area is 87.9 Å². The number of thiophene rings is 1. The molecule has 0 spiro atoms. The molecule has 0 fully saturated rings. The average molecular weight is 200 g/mol. The van der Waals surface area contributed by atoms with Crippen LogP contribution in [0.1, 0.15) is 23.3 Å². The maximum atomic E-state index is 2.31. The van der Waals surface area contributed by atoms with Crippen LogP contribution in [0.4, 0.5) is 0 Å². The van der Waals surface area contributed by atoms with Gasteiger partial charge in [-0.1, -0.05) is 30.4 Å². The Bertz CT molecular complexity index is 491. The molecule has 0 nitrogen and oxygen atoms in total. The highest BCUT2D eigenvalue weighted by atomic mass is 32.1. The van der Waals surface area contributed by atoms with Gasteiger partial charge >= 0.3 is 0 Å². The lowest BCUT2D eigenvalue weighted by molar-refractivity contribution is 0.863. The molecule has 14 heavy (non-hydrogen) atoms. The molecule has 0 saturated heterocycles. The van der Waals surface area contributed by atoms with Crippen molar-refractivity contribution in [2.45, 2.75) is 19.3 Å². The number of aryl methyl sites for hydroxylation is 1. The first-order valence-electron chi connectivity index (χ1n) is 5.12. The molecule has 1 aromatic carbocycles. The van der Waals surface area contributed by atoms with Crippen LogP contribution in [0.5, 0.6) is 0 Å². The summed E-state index contributed by atoms with van der Waals surface area (Å²) in [6, 6.07) is 8.72. The smallest absolute Gasteiger partial charge is 0.0351 e. The number of benzene rings is 1. The lowest BCUT2D eigenvalue weighted by atomic mass is 10.1. The number of allylic oxidation sites excluding steroid dienone is 1. The topological polar surface area (TPSA) is 0 Å². The Morgan fingerprint density at radius 1 is 1.14 bits per heavy atom. The second-order valence-corrected chi connectivity index (χ2v) is 4.87. The SMILES string of the molecule is C1=Cc2c(sc3ccccc23)CCC1. The lowest BCUT2D eigenvalue weighted by Crippen LogP contribution is -1.78. The summed E-state index contributed by atoms with van der Waals surface area (Å²) >= 11 is 1.96. The molecular formula is C13H12S. The Morgan fingerprint density at radius 3 is 3.07 bits per heavy atom. The number of rotatable bonds is 0. The zero-order chi connectivity index (χ0) is 9.38. The van der Waals surface area contributed by atoms with Gasteiger partial charge in [-0.25, -0.2) is 0 Å². The van der Waals surface area contributed by atoms with E-state index in [4.69, 9.17) is 0 Å². The number of hydrogen-bond donors (Lipinski definition) is 0. The summed E-state index contributed by atoms with van der Waals surface area (Å²) in [6.45, 7) is 0. The van der Waals surface area contributed by atoms with Gasteiger partial charge in [0.05, 0.1) is 0 Å². The van der Waals surface area contributed by atoms with Crippen molar-refractivity contribution in [3.05, 3.63) is 40.8 Å². The van der Waals surface area contributed by atoms with E-state index in [2.05, 4.69) is 36.4 Å². The molecule has 0 saturated carbocycles. The van der Waals surface area contributed by atoms with Crippen molar-refractivity contribution in [3.8, 4) is 0 Å². The first-order valence-corrected chi connectivity index (χ1v) is 5.94. The fraction of sp³-hybridized carbons (Fsp3) is 0.231. The van der Waals surface area contributed by atoms with Crippen LogP contribution >= 0.6 is 11.3 Å². The summed E-state index contributed by atoms with van der Waals surface area (Å²) in [5.74, 6) is 0. The van der Waals surface area contributed by atoms with Crippen LogP contribution in [0.25, 0.3) is 16.2 Å². The first kappa shape index (κ1) is 8.25. The van der Waals surface area contributed by atoms with E-state index in [9.17, 15) is 0 Å². The Hall–Kier alpha value is -1.08. The maximum absolute atomic E-state index is 2.31. The first-order chi connectivity index (χ1) is 6.95. The highest BCUT2D eigenvalue weighted by molar-refractivity contribution is 7.19. The molecule has 0 bridgehead atoms. The van der Waals surface area contributed by atoms with Gasteiger partial charge in [0.25, 0.3) is 0 Å². The number of fused-ring (bicyclic) bond motifs is 3. The zero-order valence-corrected chi connectivity index (χ0v) is 8.81. The third-order valence-electron chi connectivity index (χ3n) is 2.77.